The van der Waals surface area contributed by atoms with Crippen LogP contribution < -0.4 is 51.4 Å². The topological polar surface area (TPSA) is 20.2 Å². The molecule has 1 aliphatic rings. The monoisotopic (exact) mass is 166 g/mol. The van der Waals surface area contributed by atoms with Crippen LogP contribution in [0.15, 0.2) is 22.8 Å². The molecular formula is C6H7KOS. The summed E-state index contributed by atoms with van der Waals surface area (Å²) in [4.78, 5) is 0.594. The van der Waals surface area contributed by atoms with Crippen LogP contribution in [0.2, 0.25) is 0 Å². The van der Waals surface area contributed by atoms with Crippen LogP contribution in [-0.2, 0) is 12.6 Å². The van der Waals surface area contributed by atoms with Crippen molar-refractivity contribution in [1.29, 1.82) is 0 Å². The molecule has 0 atom stereocenters. The van der Waals surface area contributed by atoms with Gasteiger partial charge in [0.15, 0.2) is 0 Å². The third kappa shape index (κ3) is 3.16. The van der Waals surface area contributed by atoms with Crippen LogP contribution in [0.25, 0.3) is 0 Å². The average molecular weight is 166 g/mol. The van der Waals surface area contributed by atoms with Gasteiger partial charge in [-0.25, -0.2) is 0 Å². The van der Waals surface area contributed by atoms with E-state index in [4.69, 9.17) is 17.7 Å². The first-order valence-electron chi connectivity index (χ1n) is 2.56. The molecule has 0 heterocycles. The summed E-state index contributed by atoms with van der Waals surface area (Å²) in [6, 6.07) is 0. The molecule has 9 heavy (non-hydrogen) atoms. The molecule has 0 saturated carbocycles. The van der Waals surface area contributed by atoms with E-state index in [0.717, 1.165) is 12.8 Å². The molecule has 44 valence electrons. The quantitative estimate of drug-likeness (QED) is 0.355. The van der Waals surface area contributed by atoms with Crippen LogP contribution in [-0.4, -0.2) is 5.11 Å². The van der Waals surface area contributed by atoms with E-state index in [-0.39, 0.29) is 51.4 Å². The van der Waals surface area contributed by atoms with Gasteiger partial charge in [0, 0.05) is 6.42 Å². The Kier molecular flexibility index (Phi) is 5.49. The Hall–Kier alpha value is 1.14. The van der Waals surface area contributed by atoms with E-state index in [0.29, 0.717) is 10.7 Å². The van der Waals surface area contributed by atoms with Crippen molar-refractivity contribution in [2.75, 3.05) is 0 Å². The molecular weight excluding hydrogens is 159 g/mol. The number of hydrogen-bond acceptors (Lipinski definition) is 2. The van der Waals surface area contributed by atoms with Crippen LogP contribution in [0, 0.1) is 0 Å². The second-order valence-corrected chi connectivity index (χ2v) is 2.19. The second-order valence-electron chi connectivity index (χ2n) is 1.75. The minimum atomic E-state index is 0. The predicted octanol–water partition coefficient (Wildman–Crippen LogP) is -1.34. The first kappa shape index (κ1) is 10.1. The van der Waals surface area contributed by atoms with Crippen molar-refractivity contribution in [2.45, 2.75) is 12.8 Å². The molecule has 1 aliphatic carbocycles. The maximum absolute atomic E-state index is 8.90. The summed E-state index contributed by atoms with van der Waals surface area (Å²) < 4.78 is 0. The minimum Gasteiger partial charge on any atom is -0.777 e. The fourth-order valence-corrected chi connectivity index (χ4v) is 0.828. The van der Waals surface area contributed by atoms with Crippen LogP contribution in [0.4, 0.5) is 0 Å². The van der Waals surface area contributed by atoms with Crippen LogP contribution in [0.3, 0.4) is 0 Å². The molecule has 0 saturated heterocycles. The van der Waals surface area contributed by atoms with E-state index in [1.165, 1.54) is 0 Å². The molecule has 1 rings (SSSR count). The van der Waals surface area contributed by atoms with Crippen molar-refractivity contribution >= 4 is 12.6 Å². The van der Waals surface area contributed by atoms with Crippen molar-refractivity contribution in [3.63, 3.8) is 0 Å². The normalized spacial score (nSPS) is 17.3. The Morgan fingerprint density at radius 1 is 1.56 bits per heavy atom. The largest absolute Gasteiger partial charge is 1.00 e. The van der Waals surface area contributed by atoms with Crippen molar-refractivity contribution in [3.05, 3.63) is 22.8 Å². The fraction of sp³-hybridized carbons (Fsp3) is 0.333. The summed E-state index contributed by atoms with van der Waals surface area (Å²) in [6.45, 7) is 0. The molecule has 3 heteroatoms. The summed E-state index contributed by atoms with van der Waals surface area (Å²) in [6.07, 6.45) is 5.39. The van der Waals surface area contributed by atoms with Gasteiger partial charge in [-0.15, -0.1) is 4.91 Å². The van der Waals surface area contributed by atoms with Crippen molar-refractivity contribution in [3.8, 4) is 0 Å². The molecule has 0 aromatic heterocycles. The molecule has 0 spiro atoms. The Bertz CT molecular complexity index is 151. The molecule has 0 aliphatic heterocycles. The maximum Gasteiger partial charge on any atom is 1.00 e. The van der Waals surface area contributed by atoms with Gasteiger partial charge in [-0.2, -0.15) is 0 Å². The zero-order valence-electron chi connectivity index (χ0n) is 5.42. The van der Waals surface area contributed by atoms with Crippen molar-refractivity contribution in [2.24, 2.45) is 0 Å². The zero-order valence-corrected chi connectivity index (χ0v) is 9.36. The third-order valence-corrected chi connectivity index (χ3v) is 1.47. The Balaban J connectivity index is 0.000000640. The second kappa shape index (κ2) is 4.88. The van der Waals surface area contributed by atoms with Gasteiger partial charge in [0.2, 0.25) is 0 Å². The van der Waals surface area contributed by atoms with Crippen LogP contribution in [0.5, 0.6) is 0 Å². The first-order valence-corrected chi connectivity index (χ1v) is 2.97. The summed E-state index contributed by atoms with van der Waals surface area (Å²) in [5.74, 6) is 0.363. The molecule has 0 fully saturated rings. The molecule has 0 aromatic carbocycles. The van der Waals surface area contributed by atoms with E-state index in [9.17, 15) is 0 Å². The van der Waals surface area contributed by atoms with Crippen LogP contribution >= 0.6 is 0 Å². The van der Waals surface area contributed by atoms with Crippen LogP contribution in [0.1, 0.15) is 12.8 Å². The molecule has 0 bridgehead atoms. The average Bonchev–Trinajstić information content (AvgIpc) is 1.77. The van der Waals surface area contributed by atoms with Gasteiger partial charge in [0.1, 0.15) is 0 Å². The molecule has 1 N–H and O–H groups in total. The predicted molar refractivity (Wildman–Crippen MR) is 35.4 cm³/mol. The summed E-state index contributed by atoms with van der Waals surface area (Å²) in [7, 11) is 0. The maximum atomic E-state index is 8.90. The van der Waals surface area contributed by atoms with E-state index in [2.05, 4.69) is 0 Å². The van der Waals surface area contributed by atoms with Crippen molar-refractivity contribution < 1.29 is 56.5 Å². The summed E-state index contributed by atoms with van der Waals surface area (Å²) in [5, 5.41) is 8.90. The van der Waals surface area contributed by atoms with Gasteiger partial charge < -0.3 is 17.7 Å². The van der Waals surface area contributed by atoms with E-state index >= 15 is 0 Å². The van der Waals surface area contributed by atoms with Gasteiger partial charge in [-0.1, -0.05) is 12.2 Å². The molecule has 1 nitrogen and oxygen atoms in total. The van der Waals surface area contributed by atoms with E-state index < -0.39 is 0 Å². The molecule has 0 radical (unpaired) electrons. The zero-order chi connectivity index (χ0) is 5.98. The Morgan fingerprint density at radius 2 is 2.22 bits per heavy atom. The molecule has 0 amide bonds. The van der Waals surface area contributed by atoms with Gasteiger partial charge in [0.05, 0.1) is 5.76 Å². The van der Waals surface area contributed by atoms with E-state index in [1.54, 1.807) is 6.08 Å². The summed E-state index contributed by atoms with van der Waals surface area (Å²) >= 11 is 4.75. The first-order chi connectivity index (χ1) is 3.80. The number of hydrogen-bond donors (Lipinski definition) is 1. The Morgan fingerprint density at radius 3 is 2.56 bits per heavy atom. The van der Waals surface area contributed by atoms with Crippen molar-refractivity contribution in [1.82, 2.24) is 0 Å². The number of aliphatic hydroxyl groups is 1. The number of rotatable bonds is 0. The van der Waals surface area contributed by atoms with E-state index in [1.807, 2.05) is 6.08 Å². The standard InChI is InChI=1S/C6H8OS.K/c7-5-3-1-2-4-6(5)8;/h2,4,7-8H,1,3H2;/q;+1/p-1. The molecule has 0 aromatic rings. The fourth-order valence-electron chi connectivity index (χ4n) is 0.630. The third-order valence-electron chi connectivity index (χ3n) is 1.10. The number of allylic oxidation sites excluding steroid dienone is 3. The smallest absolute Gasteiger partial charge is 0.777 e. The minimum absolute atomic E-state index is 0. The van der Waals surface area contributed by atoms with Gasteiger partial charge in [-0.3, -0.25) is 0 Å². The Labute approximate surface area is 103 Å². The molecule has 0 unspecified atom stereocenters. The van der Waals surface area contributed by atoms with Gasteiger partial charge in [0.25, 0.3) is 0 Å². The summed E-state index contributed by atoms with van der Waals surface area (Å²) in [5.41, 5.74) is 0. The number of aliphatic hydroxyl groups excluding tert-OH is 1. The van der Waals surface area contributed by atoms with Gasteiger partial charge >= 0.3 is 51.4 Å². The SMILES string of the molecule is OC1=C([S-])C=CCC1.[K+]. The van der Waals surface area contributed by atoms with Gasteiger partial charge in [-0.05, 0) is 6.42 Å².